The van der Waals surface area contributed by atoms with Gasteiger partial charge in [0.2, 0.25) is 0 Å². The van der Waals surface area contributed by atoms with Crippen molar-refractivity contribution in [3.05, 3.63) is 34.4 Å². The van der Waals surface area contributed by atoms with Crippen LogP contribution < -0.4 is 9.61 Å². The van der Waals surface area contributed by atoms with Crippen molar-refractivity contribution in [2.75, 3.05) is 13.2 Å². The molecular weight excluding hydrogens is 319 g/mol. The van der Waals surface area contributed by atoms with Crippen LogP contribution in [0.4, 0.5) is 5.69 Å². The van der Waals surface area contributed by atoms with E-state index in [2.05, 4.69) is 5.09 Å². The van der Waals surface area contributed by atoms with Crippen molar-refractivity contribution < 1.29 is 23.9 Å². The number of carboxylic acids is 1. The largest absolute Gasteiger partial charge is 0.481 e. The first-order valence-electron chi connectivity index (χ1n) is 6.02. The molecule has 0 aromatic heterocycles. The lowest BCUT2D eigenvalue weighted by molar-refractivity contribution is -0.384. The molecule has 0 spiro atoms. The zero-order valence-electron chi connectivity index (χ0n) is 11.2. The van der Waals surface area contributed by atoms with E-state index in [0.29, 0.717) is 12.4 Å². The van der Waals surface area contributed by atoms with Gasteiger partial charge in [-0.3, -0.25) is 14.9 Å². The van der Waals surface area contributed by atoms with Crippen molar-refractivity contribution in [1.82, 2.24) is 5.09 Å². The Kier molecular flexibility index (Phi) is 6.70. The van der Waals surface area contributed by atoms with E-state index < -0.39 is 17.5 Å². The molecule has 1 aromatic carbocycles. The Bertz CT molecular complexity index is 550. The summed E-state index contributed by atoms with van der Waals surface area (Å²) >= 11 is 5.25. The van der Waals surface area contributed by atoms with Crippen LogP contribution in [0.25, 0.3) is 0 Å². The minimum absolute atomic E-state index is 0.0640. The fraction of sp³-hybridized carbons (Fsp3) is 0.364. The lowest BCUT2D eigenvalue weighted by Crippen LogP contribution is -2.19. The molecular formula is C11H15N2O6PS. The zero-order chi connectivity index (χ0) is 15.9. The third-order valence-corrected chi connectivity index (χ3v) is 4.80. The average Bonchev–Trinajstić information content (AvgIpc) is 2.38. The summed E-state index contributed by atoms with van der Waals surface area (Å²) in [6.07, 6.45) is -0.116. The van der Waals surface area contributed by atoms with Crippen molar-refractivity contribution in [3.63, 3.8) is 0 Å². The highest BCUT2D eigenvalue weighted by Crippen LogP contribution is 2.44. The molecule has 1 unspecified atom stereocenters. The molecule has 1 atom stereocenters. The van der Waals surface area contributed by atoms with Crippen LogP contribution in [-0.2, 0) is 21.1 Å². The van der Waals surface area contributed by atoms with Crippen molar-refractivity contribution >= 4 is 30.1 Å². The van der Waals surface area contributed by atoms with Gasteiger partial charge in [0.1, 0.15) is 5.75 Å². The number of aliphatic carboxylic acids is 1. The standard InChI is InChI=1S/C11H15N2O6PS/c1-2-18-20(21,12-8-7-11(14)15)19-10-5-3-9(4-6-10)13(16)17/h3-6H,2,7-8H2,1H3,(H,12,21)(H,14,15). The van der Waals surface area contributed by atoms with Crippen LogP contribution in [0.1, 0.15) is 13.3 Å². The number of benzene rings is 1. The third-order valence-electron chi connectivity index (χ3n) is 2.22. The van der Waals surface area contributed by atoms with Crippen LogP contribution in [0.2, 0.25) is 0 Å². The number of nitrogens with zero attached hydrogens (tertiary/aromatic N) is 1. The molecule has 0 radical (unpaired) electrons. The summed E-state index contributed by atoms with van der Waals surface area (Å²) < 4.78 is 10.9. The Labute approximate surface area is 126 Å². The van der Waals surface area contributed by atoms with Crippen LogP contribution >= 0.6 is 6.64 Å². The normalized spacial score (nSPS) is 13.4. The molecule has 8 nitrogen and oxygen atoms in total. The molecule has 1 rings (SSSR count). The Morgan fingerprint density at radius 1 is 1.48 bits per heavy atom. The van der Waals surface area contributed by atoms with Gasteiger partial charge in [-0.25, -0.2) is 5.09 Å². The topological polar surface area (TPSA) is 111 Å². The maximum absolute atomic E-state index is 10.6. The Morgan fingerprint density at radius 2 is 2.10 bits per heavy atom. The Hall–Kier alpha value is -1.54. The van der Waals surface area contributed by atoms with Crippen molar-refractivity contribution in [1.29, 1.82) is 0 Å². The summed E-state index contributed by atoms with van der Waals surface area (Å²) in [4.78, 5) is 20.5. The first-order chi connectivity index (χ1) is 9.86. The van der Waals surface area contributed by atoms with E-state index in [9.17, 15) is 14.9 Å². The molecule has 116 valence electrons. The molecule has 0 amide bonds. The smallest absolute Gasteiger partial charge is 0.312 e. The first kappa shape index (κ1) is 17.5. The maximum Gasteiger partial charge on any atom is 0.312 e. The van der Waals surface area contributed by atoms with Gasteiger partial charge in [0, 0.05) is 18.7 Å². The highest BCUT2D eigenvalue weighted by atomic mass is 32.5. The van der Waals surface area contributed by atoms with E-state index >= 15 is 0 Å². The molecule has 0 heterocycles. The SMILES string of the molecule is CCOP(=S)(NCCC(=O)O)Oc1ccc([N+](=O)[O-])cc1. The molecule has 0 saturated heterocycles. The number of hydrogen-bond donors (Lipinski definition) is 2. The molecule has 2 N–H and O–H groups in total. The summed E-state index contributed by atoms with van der Waals surface area (Å²) in [5, 5.41) is 21.9. The zero-order valence-corrected chi connectivity index (χ0v) is 12.9. The lowest BCUT2D eigenvalue weighted by atomic mass is 10.3. The van der Waals surface area contributed by atoms with E-state index in [1.54, 1.807) is 6.92 Å². The van der Waals surface area contributed by atoms with Gasteiger partial charge in [0.25, 0.3) is 5.69 Å². The quantitative estimate of drug-likeness (QED) is 0.402. The molecule has 1 aromatic rings. The second-order valence-corrected chi connectivity index (χ2v) is 7.00. The fourth-order valence-electron chi connectivity index (χ4n) is 1.34. The number of non-ortho nitro benzene ring substituents is 1. The number of hydrogen-bond acceptors (Lipinski definition) is 6. The molecule has 0 aliphatic heterocycles. The van der Waals surface area contributed by atoms with E-state index in [1.165, 1.54) is 24.3 Å². The van der Waals surface area contributed by atoms with Crippen molar-refractivity contribution in [2.24, 2.45) is 0 Å². The van der Waals surface area contributed by atoms with Crippen molar-refractivity contribution in [2.45, 2.75) is 13.3 Å². The summed E-state index contributed by atoms with van der Waals surface area (Å²) in [5.41, 5.74) is -0.0640. The molecule has 0 aliphatic rings. The first-order valence-corrected chi connectivity index (χ1v) is 8.65. The molecule has 21 heavy (non-hydrogen) atoms. The number of nitrogens with one attached hydrogen (secondary N) is 1. The summed E-state index contributed by atoms with van der Waals surface area (Å²) in [5.74, 6) is -0.643. The van der Waals surface area contributed by atoms with Crippen LogP contribution in [-0.4, -0.2) is 29.2 Å². The highest BCUT2D eigenvalue weighted by molar-refractivity contribution is 8.09. The second-order valence-electron chi connectivity index (χ2n) is 3.81. The highest BCUT2D eigenvalue weighted by Gasteiger charge is 2.20. The van der Waals surface area contributed by atoms with Gasteiger partial charge in [0.05, 0.1) is 18.0 Å². The molecule has 10 heteroatoms. The number of rotatable bonds is 9. The predicted octanol–water partition coefficient (Wildman–Crippen LogP) is 2.30. The second kappa shape index (κ2) is 8.04. The van der Waals surface area contributed by atoms with Crippen LogP contribution in [0.3, 0.4) is 0 Å². The lowest BCUT2D eigenvalue weighted by Gasteiger charge is -2.22. The van der Waals surface area contributed by atoms with Crippen molar-refractivity contribution in [3.8, 4) is 5.75 Å². The summed E-state index contributed by atoms with van der Waals surface area (Å²) in [6, 6.07) is 5.41. The van der Waals surface area contributed by atoms with Gasteiger partial charge >= 0.3 is 12.6 Å². The molecule has 0 bridgehead atoms. The van der Waals surface area contributed by atoms with Crippen LogP contribution in [0, 0.1) is 10.1 Å². The van der Waals surface area contributed by atoms with Gasteiger partial charge in [-0.2, -0.15) is 0 Å². The van der Waals surface area contributed by atoms with Crippen LogP contribution in [0.15, 0.2) is 24.3 Å². The minimum atomic E-state index is -2.89. The number of nitro groups is 1. The summed E-state index contributed by atoms with van der Waals surface area (Å²) in [6.45, 7) is -0.744. The number of nitro benzene ring substituents is 1. The van der Waals surface area contributed by atoms with Gasteiger partial charge in [-0.1, -0.05) is 0 Å². The minimum Gasteiger partial charge on any atom is -0.481 e. The fourth-order valence-corrected chi connectivity index (χ4v) is 3.52. The molecule has 0 saturated carbocycles. The maximum atomic E-state index is 10.6. The number of carbonyl (C=O) groups is 1. The number of carboxylic acid groups (broad SMARTS) is 1. The van der Waals surface area contributed by atoms with E-state index in [1.807, 2.05) is 0 Å². The monoisotopic (exact) mass is 334 g/mol. The van der Waals surface area contributed by atoms with Gasteiger partial charge in [-0.05, 0) is 30.9 Å². The Balaban J connectivity index is 2.74. The van der Waals surface area contributed by atoms with E-state index in [-0.39, 0.29) is 18.7 Å². The summed E-state index contributed by atoms with van der Waals surface area (Å²) in [7, 11) is 0. The Morgan fingerprint density at radius 3 is 2.57 bits per heavy atom. The van der Waals surface area contributed by atoms with Crippen LogP contribution in [0.5, 0.6) is 5.75 Å². The van der Waals surface area contributed by atoms with Gasteiger partial charge in [-0.15, -0.1) is 0 Å². The van der Waals surface area contributed by atoms with Gasteiger partial charge < -0.3 is 14.2 Å². The van der Waals surface area contributed by atoms with E-state index in [0.717, 1.165) is 0 Å². The third kappa shape index (κ3) is 6.17. The molecule has 0 fully saturated rings. The average molecular weight is 334 g/mol. The molecule has 0 aliphatic carbocycles. The van der Waals surface area contributed by atoms with E-state index in [4.69, 9.17) is 26.0 Å². The predicted molar refractivity (Wildman–Crippen MR) is 79.9 cm³/mol. The van der Waals surface area contributed by atoms with Gasteiger partial charge in [0.15, 0.2) is 0 Å².